The predicted molar refractivity (Wildman–Crippen MR) is 133 cm³/mol. The summed E-state index contributed by atoms with van der Waals surface area (Å²) in [6.45, 7) is 4.82. The molecule has 2 radical (unpaired) electrons. The van der Waals surface area contributed by atoms with Crippen molar-refractivity contribution in [2.75, 3.05) is 35.3 Å². The van der Waals surface area contributed by atoms with E-state index in [1.54, 1.807) is 12.2 Å². The van der Waals surface area contributed by atoms with Crippen molar-refractivity contribution >= 4 is 54.3 Å². The Balaban J connectivity index is 0.000000883. The molecule has 31 heavy (non-hydrogen) atoms. The van der Waals surface area contributed by atoms with Crippen molar-refractivity contribution in [2.24, 2.45) is 0 Å². The molecular formula is C23H26BN4S2Y-2. The Kier molecular flexibility index (Phi) is 9.57. The first-order chi connectivity index (χ1) is 14.8. The molecule has 5 rings (SSSR count). The number of rotatable bonds is 4. The molecule has 3 aromatic rings. The summed E-state index contributed by atoms with van der Waals surface area (Å²) >= 11 is 6.01. The van der Waals surface area contributed by atoms with Crippen LogP contribution in [0.25, 0.3) is 10.9 Å². The van der Waals surface area contributed by atoms with E-state index in [1.807, 2.05) is 11.8 Å². The van der Waals surface area contributed by atoms with Crippen LogP contribution in [-0.4, -0.2) is 42.3 Å². The van der Waals surface area contributed by atoms with Gasteiger partial charge in [0, 0.05) is 69.1 Å². The molecule has 0 spiro atoms. The summed E-state index contributed by atoms with van der Waals surface area (Å²) in [5.41, 5.74) is 3.60. The van der Waals surface area contributed by atoms with Crippen LogP contribution in [0.1, 0.15) is 11.1 Å². The van der Waals surface area contributed by atoms with Gasteiger partial charge >= 0.3 is 0 Å². The zero-order chi connectivity index (χ0) is 20.9. The van der Waals surface area contributed by atoms with Gasteiger partial charge in [-0.3, -0.25) is 0 Å². The van der Waals surface area contributed by atoms with Gasteiger partial charge < -0.3 is 28.8 Å². The fraction of sp³-hybridized carbons (Fsp3) is 0.348. The maximum absolute atomic E-state index is 4.98. The molecule has 2 aliphatic heterocycles. The summed E-state index contributed by atoms with van der Waals surface area (Å²) in [5, 5.41) is 4.70. The third kappa shape index (κ3) is 5.98. The van der Waals surface area contributed by atoms with Crippen LogP contribution < -0.4 is 10.2 Å². The summed E-state index contributed by atoms with van der Waals surface area (Å²) in [6.07, 6.45) is 3.84. The van der Waals surface area contributed by atoms with Crippen molar-refractivity contribution in [1.29, 1.82) is 0 Å². The van der Waals surface area contributed by atoms with Gasteiger partial charge in [-0.2, -0.15) is 11.2 Å². The average Bonchev–Trinajstić information content (AvgIpc) is 2.96. The van der Waals surface area contributed by atoms with Gasteiger partial charge in [-0.25, -0.2) is 17.6 Å². The quantitative estimate of drug-likeness (QED) is 0.303. The largest absolute Gasteiger partial charge is 0.796 e. The molecule has 8 heteroatoms. The maximum atomic E-state index is 4.98. The molecule has 3 heterocycles. The number of aryl methyl sites for hydroxylation is 1. The molecule has 1 saturated heterocycles. The van der Waals surface area contributed by atoms with Crippen LogP contribution >= 0.6 is 11.8 Å². The molecule has 0 saturated carbocycles. The topological polar surface area (TPSA) is 41.1 Å². The summed E-state index contributed by atoms with van der Waals surface area (Å²) in [4.78, 5) is 13.6. The Morgan fingerprint density at radius 2 is 1.97 bits per heavy atom. The molecule has 0 aliphatic carbocycles. The van der Waals surface area contributed by atoms with Gasteiger partial charge in [-0.15, -0.1) is 18.3 Å². The van der Waals surface area contributed by atoms with Gasteiger partial charge in [0.25, 0.3) is 0 Å². The van der Waals surface area contributed by atoms with Crippen LogP contribution in [0.3, 0.4) is 0 Å². The van der Waals surface area contributed by atoms with E-state index in [1.165, 1.54) is 16.0 Å². The van der Waals surface area contributed by atoms with Crippen LogP contribution in [0.2, 0.25) is 12.6 Å². The second-order valence-corrected chi connectivity index (χ2v) is 8.71. The molecule has 1 fully saturated rings. The van der Waals surface area contributed by atoms with Crippen molar-refractivity contribution in [2.45, 2.75) is 31.0 Å². The molecule has 2 aliphatic rings. The molecule has 4 nitrogen and oxygen atoms in total. The van der Waals surface area contributed by atoms with Crippen LogP contribution in [0, 0.1) is 12.8 Å². The standard InChI is InChI=1S/C22H23BN4S.CH4S.Y/c1-15-6-7-19-18(10-15)21(24-13-16-11-23-12-16)26-22(25-19)27-8-9-28-20-5-3-2-4-17(20)14-27;1-2;/h2-7,10H,8-9,11-14H2,1H3,(H,24,25,26);2H,1H3;/q-1;;/p-1. The van der Waals surface area contributed by atoms with E-state index in [-0.39, 0.29) is 32.7 Å². The Morgan fingerprint density at radius 3 is 2.74 bits per heavy atom. The van der Waals surface area contributed by atoms with Crippen LogP contribution in [0.4, 0.5) is 11.8 Å². The summed E-state index contributed by atoms with van der Waals surface area (Å²) in [6, 6.07) is 15.1. The van der Waals surface area contributed by atoms with E-state index in [4.69, 9.17) is 9.97 Å². The molecule has 0 atom stereocenters. The fourth-order valence-electron chi connectivity index (χ4n) is 3.70. The first kappa shape index (κ1) is 24.9. The zero-order valence-corrected chi connectivity index (χ0v) is 22.6. The summed E-state index contributed by atoms with van der Waals surface area (Å²) in [7, 11) is 2.32. The Hall–Kier alpha value is -0.751. The molecule has 1 aromatic heterocycles. The molecular weight excluding hydrogens is 496 g/mol. The molecule has 0 bridgehead atoms. The number of nitrogens with zero attached hydrogens (tertiary/aromatic N) is 3. The number of thioether (sulfide) groups is 1. The van der Waals surface area contributed by atoms with Crippen molar-refractivity contribution < 1.29 is 32.7 Å². The van der Waals surface area contributed by atoms with E-state index in [0.717, 1.165) is 60.7 Å². The van der Waals surface area contributed by atoms with E-state index >= 15 is 0 Å². The molecule has 158 valence electrons. The predicted octanol–water partition coefficient (Wildman–Crippen LogP) is 4.75. The number of nitrogens with one attached hydrogen (secondary N) is 1. The number of hydrogen-bond acceptors (Lipinski definition) is 6. The number of aromatic nitrogens is 2. The van der Waals surface area contributed by atoms with E-state index in [2.05, 4.69) is 79.5 Å². The Morgan fingerprint density at radius 1 is 1.16 bits per heavy atom. The van der Waals surface area contributed by atoms with E-state index < -0.39 is 0 Å². The minimum atomic E-state index is 0. The molecule has 2 aromatic carbocycles. The SMILES string of the molecule is C[S-].Cc1ccc2nc(N3CCSc4ccccc4C3)nc(NC[C-]3C[B]C3)c2c1.[Y]. The number of benzene rings is 2. The van der Waals surface area contributed by atoms with Gasteiger partial charge in [0.05, 0.1) is 5.52 Å². The molecule has 1 N–H and O–H groups in total. The average molecular weight is 522 g/mol. The first-order valence-corrected chi connectivity index (χ1v) is 12.1. The third-order valence-electron chi connectivity index (χ3n) is 5.45. The van der Waals surface area contributed by atoms with Crippen molar-refractivity contribution in [1.82, 2.24) is 9.97 Å². The van der Waals surface area contributed by atoms with Crippen molar-refractivity contribution in [3.05, 3.63) is 59.5 Å². The van der Waals surface area contributed by atoms with Crippen molar-refractivity contribution in [3.63, 3.8) is 0 Å². The van der Waals surface area contributed by atoms with Gasteiger partial charge in [-0.1, -0.05) is 29.8 Å². The Labute approximate surface area is 221 Å². The second kappa shape index (κ2) is 11.9. The third-order valence-corrected chi connectivity index (χ3v) is 6.54. The van der Waals surface area contributed by atoms with Gasteiger partial charge in [0.2, 0.25) is 5.95 Å². The minimum Gasteiger partial charge on any atom is -0.796 e. The van der Waals surface area contributed by atoms with Crippen LogP contribution in [-0.2, 0) is 51.9 Å². The number of fused-ring (bicyclic) bond motifs is 2. The first-order valence-electron chi connectivity index (χ1n) is 10.3. The second-order valence-electron chi connectivity index (χ2n) is 7.57. The Bertz CT molecular complexity index is 1020. The zero-order valence-electron chi connectivity index (χ0n) is 18.1. The van der Waals surface area contributed by atoms with Crippen LogP contribution in [0.5, 0.6) is 0 Å². The molecule has 0 amide bonds. The van der Waals surface area contributed by atoms with Gasteiger partial charge in [0.1, 0.15) is 5.82 Å². The maximum Gasteiger partial charge on any atom is 0.228 e. The fourth-order valence-corrected chi connectivity index (χ4v) is 4.73. The normalized spacial score (nSPS) is 15.4. The molecule has 0 unspecified atom stereocenters. The van der Waals surface area contributed by atoms with Gasteiger partial charge in [-0.05, 0) is 30.7 Å². The minimum absolute atomic E-state index is 0. The van der Waals surface area contributed by atoms with Crippen LogP contribution in [0.15, 0.2) is 47.4 Å². The number of hydrogen-bond donors (Lipinski definition) is 1. The van der Waals surface area contributed by atoms with Gasteiger partial charge in [0.15, 0.2) is 0 Å². The summed E-state index contributed by atoms with van der Waals surface area (Å²) < 4.78 is 0. The summed E-state index contributed by atoms with van der Waals surface area (Å²) in [5.74, 6) is 4.36. The van der Waals surface area contributed by atoms with Crippen molar-refractivity contribution in [3.8, 4) is 0 Å². The smallest absolute Gasteiger partial charge is 0.228 e. The monoisotopic (exact) mass is 522 g/mol. The van der Waals surface area contributed by atoms with E-state index in [9.17, 15) is 0 Å². The number of anilines is 2. The van der Waals surface area contributed by atoms with E-state index in [0.29, 0.717) is 0 Å².